The zero-order valence-corrected chi connectivity index (χ0v) is 10.7. The lowest BCUT2D eigenvalue weighted by Crippen LogP contribution is -2.39. The molecule has 0 unspecified atom stereocenters. The van der Waals surface area contributed by atoms with Gasteiger partial charge in [-0.25, -0.2) is 4.79 Å². The number of carbonyl (C=O) groups excluding carboxylic acids is 2. The first kappa shape index (κ1) is 14.7. The van der Waals surface area contributed by atoms with Crippen LogP contribution in [0, 0.1) is 5.41 Å². The van der Waals surface area contributed by atoms with Crippen molar-refractivity contribution in [1.29, 1.82) is 0 Å². The lowest BCUT2D eigenvalue weighted by atomic mass is 9.89. The number of nitrogens with one attached hydrogen (secondary N) is 1. The normalized spacial score (nSPS) is 12.1. The van der Waals surface area contributed by atoms with E-state index < -0.39 is 11.7 Å². The number of hydrogen-bond acceptors (Lipinski definition) is 3. The molecule has 0 aromatic heterocycles. The second-order valence-corrected chi connectivity index (χ2v) is 5.66. The Morgan fingerprint density at radius 1 is 1.19 bits per heavy atom. The quantitative estimate of drug-likeness (QED) is 0.766. The fourth-order valence-corrected chi connectivity index (χ4v) is 1.16. The first-order chi connectivity index (χ1) is 7.02. The third kappa shape index (κ3) is 8.08. The summed E-state index contributed by atoms with van der Waals surface area (Å²) in [5.74, 6) is -0.379. The number of ether oxygens (including phenoxy) is 1. The van der Waals surface area contributed by atoms with Gasteiger partial charge in [-0.3, -0.25) is 4.79 Å². The second-order valence-electron chi connectivity index (χ2n) is 5.66. The maximum Gasteiger partial charge on any atom is 0.407 e. The minimum atomic E-state index is -0.516. The summed E-state index contributed by atoms with van der Waals surface area (Å²) in [5, 5.41) is 2.62. The third-order valence-electron chi connectivity index (χ3n) is 1.76. The van der Waals surface area contributed by atoms with Crippen LogP contribution in [0.5, 0.6) is 0 Å². The van der Waals surface area contributed by atoms with Crippen LogP contribution in [0.15, 0.2) is 0 Å². The summed E-state index contributed by atoms with van der Waals surface area (Å²) >= 11 is 0. The van der Waals surface area contributed by atoms with Crippen molar-refractivity contribution in [2.24, 2.45) is 11.1 Å². The summed E-state index contributed by atoms with van der Waals surface area (Å²) in [7, 11) is 0. The summed E-state index contributed by atoms with van der Waals surface area (Å²) in [6, 6.07) is 0. The molecule has 3 N–H and O–H groups in total. The summed E-state index contributed by atoms with van der Waals surface area (Å²) in [5.41, 5.74) is 4.23. The van der Waals surface area contributed by atoms with Crippen LogP contribution in [0.3, 0.4) is 0 Å². The Balaban J connectivity index is 4.05. The number of amides is 2. The average molecular weight is 230 g/mol. The number of carbonyl (C=O) groups is 2. The molecule has 0 aromatic carbocycles. The Bertz CT molecular complexity index is 267. The van der Waals surface area contributed by atoms with Crippen LogP contribution >= 0.6 is 0 Å². The van der Waals surface area contributed by atoms with E-state index in [-0.39, 0.29) is 17.7 Å². The molecule has 5 nitrogen and oxygen atoms in total. The first-order valence-corrected chi connectivity index (χ1v) is 5.27. The van der Waals surface area contributed by atoms with Crippen molar-refractivity contribution < 1.29 is 14.3 Å². The van der Waals surface area contributed by atoms with Gasteiger partial charge in [-0.15, -0.1) is 0 Å². The van der Waals surface area contributed by atoms with E-state index in [1.165, 1.54) is 0 Å². The van der Waals surface area contributed by atoms with Crippen LogP contribution < -0.4 is 11.1 Å². The molecule has 0 heterocycles. The van der Waals surface area contributed by atoms with Crippen LogP contribution in [0.25, 0.3) is 0 Å². The summed E-state index contributed by atoms with van der Waals surface area (Å²) in [6.07, 6.45) is -0.256. The van der Waals surface area contributed by atoms with E-state index in [0.29, 0.717) is 6.54 Å². The molecule has 0 rings (SSSR count). The van der Waals surface area contributed by atoms with E-state index in [2.05, 4.69) is 5.32 Å². The highest BCUT2D eigenvalue weighted by atomic mass is 16.6. The Kier molecular flexibility index (Phi) is 4.78. The summed E-state index contributed by atoms with van der Waals surface area (Å²) < 4.78 is 5.07. The monoisotopic (exact) mass is 230 g/mol. The van der Waals surface area contributed by atoms with Gasteiger partial charge in [-0.1, -0.05) is 13.8 Å². The maximum atomic E-state index is 11.3. The maximum absolute atomic E-state index is 11.3. The van der Waals surface area contributed by atoms with Crippen LogP contribution in [-0.2, 0) is 9.53 Å². The standard InChI is InChI=1S/C11H22N2O3/c1-10(2,3)16-9(15)13-7-11(4,5)6-8(12)14/h6-7H2,1-5H3,(H2,12,14)(H,13,15). The lowest BCUT2D eigenvalue weighted by molar-refractivity contribution is -0.119. The van der Waals surface area contributed by atoms with E-state index in [1.807, 2.05) is 13.8 Å². The van der Waals surface area contributed by atoms with E-state index in [9.17, 15) is 9.59 Å². The molecule has 0 aromatic rings. The van der Waals surface area contributed by atoms with Crippen molar-refractivity contribution in [1.82, 2.24) is 5.32 Å². The number of primary amides is 1. The third-order valence-corrected chi connectivity index (χ3v) is 1.76. The topological polar surface area (TPSA) is 81.4 Å². The van der Waals surface area contributed by atoms with Crippen molar-refractivity contribution in [2.75, 3.05) is 6.54 Å². The van der Waals surface area contributed by atoms with Gasteiger partial charge < -0.3 is 15.8 Å². The van der Waals surface area contributed by atoms with Gasteiger partial charge in [0, 0.05) is 13.0 Å². The Labute approximate surface area is 96.7 Å². The largest absolute Gasteiger partial charge is 0.444 e. The average Bonchev–Trinajstić information content (AvgIpc) is 1.95. The fourth-order valence-electron chi connectivity index (χ4n) is 1.16. The first-order valence-electron chi connectivity index (χ1n) is 5.27. The van der Waals surface area contributed by atoms with Gasteiger partial charge in [0.15, 0.2) is 0 Å². The molecular formula is C11H22N2O3. The molecule has 16 heavy (non-hydrogen) atoms. The van der Waals surface area contributed by atoms with Crippen molar-refractivity contribution in [3.8, 4) is 0 Å². The van der Waals surface area contributed by atoms with Gasteiger partial charge in [-0.05, 0) is 26.2 Å². The molecule has 0 aliphatic heterocycles. The molecule has 2 amide bonds. The van der Waals surface area contributed by atoms with Gasteiger partial charge in [-0.2, -0.15) is 0 Å². The molecule has 0 aliphatic rings. The summed E-state index contributed by atoms with van der Waals surface area (Å²) in [6.45, 7) is 9.44. The van der Waals surface area contributed by atoms with Crippen molar-refractivity contribution in [3.05, 3.63) is 0 Å². The van der Waals surface area contributed by atoms with Crippen LogP contribution in [-0.4, -0.2) is 24.1 Å². The van der Waals surface area contributed by atoms with Crippen LogP contribution in [0.2, 0.25) is 0 Å². The van der Waals surface area contributed by atoms with Gasteiger partial charge in [0.05, 0.1) is 0 Å². The molecule has 0 fully saturated rings. The Morgan fingerprint density at radius 2 is 1.69 bits per heavy atom. The number of nitrogens with two attached hydrogens (primary N) is 1. The molecule has 0 atom stereocenters. The fraction of sp³-hybridized carbons (Fsp3) is 0.818. The predicted molar refractivity (Wildman–Crippen MR) is 61.8 cm³/mol. The molecule has 0 saturated carbocycles. The van der Waals surface area contributed by atoms with Gasteiger partial charge in [0.25, 0.3) is 0 Å². The summed E-state index contributed by atoms with van der Waals surface area (Å²) in [4.78, 5) is 22.1. The molecule has 0 radical (unpaired) electrons. The number of alkyl carbamates (subject to hydrolysis) is 1. The molecule has 5 heteroatoms. The highest BCUT2D eigenvalue weighted by molar-refractivity contribution is 5.74. The van der Waals surface area contributed by atoms with Crippen LogP contribution in [0.1, 0.15) is 41.0 Å². The molecular weight excluding hydrogens is 208 g/mol. The zero-order valence-electron chi connectivity index (χ0n) is 10.7. The number of rotatable bonds is 4. The van der Waals surface area contributed by atoms with Crippen molar-refractivity contribution >= 4 is 12.0 Å². The zero-order chi connectivity index (χ0) is 13.0. The smallest absolute Gasteiger partial charge is 0.407 e. The minimum absolute atomic E-state index is 0.225. The van der Waals surface area contributed by atoms with E-state index in [4.69, 9.17) is 10.5 Å². The highest BCUT2D eigenvalue weighted by Crippen LogP contribution is 2.18. The molecule has 94 valence electrons. The highest BCUT2D eigenvalue weighted by Gasteiger charge is 2.23. The van der Waals surface area contributed by atoms with Gasteiger partial charge in [0.2, 0.25) is 5.91 Å². The molecule has 0 saturated heterocycles. The Hall–Kier alpha value is -1.26. The van der Waals surface area contributed by atoms with Crippen molar-refractivity contribution in [3.63, 3.8) is 0 Å². The van der Waals surface area contributed by atoms with Gasteiger partial charge >= 0.3 is 6.09 Å². The van der Waals surface area contributed by atoms with E-state index in [0.717, 1.165) is 0 Å². The lowest BCUT2D eigenvalue weighted by Gasteiger charge is -2.25. The SMILES string of the molecule is CC(C)(CNC(=O)OC(C)(C)C)CC(N)=O. The van der Waals surface area contributed by atoms with E-state index >= 15 is 0 Å². The van der Waals surface area contributed by atoms with Gasteiger partial charge in [0.1, 0.15) is 5.60 Å². The number of hydrogen-bond donors (Lipinski definition) is 2. The predicted octanol–water partition coefficient (Wildman–Crippen LogP) is 1.41. The van der Waals surface area contributed by atoms with Crippen molar-refractivity contribution in [2.45, 2.75) is 46.6 Å². The molecule has 0 bridgehead atoms. The molecule has 0 spiro atoms. The van der Waals surface area contributed by atoms with E-state index in [1.54, 1.807) is 20.8 Å². The minimum Gasteiger partial charge on any atom is -0.444 e. The Morgan fingerprint density at radius 3 is 2.06 bits per heavy atom. The second kappa shape index (κ2) is 5.18. The van der Waals surface area contributed by atoms with Crippen LogP contribution in [0.4, 0.5) is 4.79 Å². The molecule has 0 aliphatic carbocycles.